The topological polar surface area (TPSA) is 76.4 Å². The monoisotopic (exact) mass is 351 g/mol. The van der Waals surface area contributed by atoms with Crippen molar-refractivity contribution < 1.29 is 26.4 Å². The average molecular weight is 353 g/mol. The molecule has 0 bridgehead atoms. The molecule has 10 heteroatoms. The molecule has 1 heterocycles. The molecule has 1 amide bonds. The van der Waals surface area contributed by atoms with Crippen LogP contribution >= 0.6 is 26.6 Å². The molecule has 17 heavy (non-hydrogen) atoms. The molecule has 96 valence electrons. The number of rotatable bonds is 4. The third-order valence-corrected chi connectivity index (χ3v) is 3.74. The maximum atomic E-state index is 11.8. The quantitative estimate of drug-likeness (QED) is 0.841. The van der Waals surface area contributed by atoms with Gasteiger partial charge in [-0.25, -0.2) is 17.2 Å². The van der Waals surface area contributed by atoms with E-state index < -0.39 is 38.6 Å². The van der Waals surface area contributed by atoms with Gasteiger partial charge in [0.2, 0.25) is 0 Å². The summed E-state index contributed by atoms with van der Waals surface area (Å²) in [6.07, 6.45) is -2.71. The molecule has 1 aromatic heterocycles. The fourth-order valence-corrected chi connectivity index (χ4v) is 2.92. The lowest BCUT2D eigenvalue weighted by atomic mass is 10.4. The molecular weight excluding hydrogens is 348 g/mol. The SMILES string of the molecule is O=C(NCC(F)F)c1cc(S(=O)(=O)Cl)c(Br)o1. The van der Waals surface area contributed by atoms with Crippen molar-refractivity contribution >= 4 is 41.6 Å². The Morgan fingerprint density at radius 3 is 2.59 bits per heavy atom. The van der Waals surface area contributed by atoms with Crippen molar-refractivity contribution in [2.45, 2.75) is 11.3 Å². The summed E-state index contributed by atoms with van der Waals surface area (Å²) in [5, 5.41) is 1.85. The number of alkyl halides is 2. The van der Waals surface area contributed by atoms with Gasteiger partial charge in [0.1, 0.15) is 4.90 Å². The minimum atomic E-state index is -4.07. The maximum Gasteiger partial charge on any atom is 0.287 e. The van der Waals surface area contributed by atoms with Gasteiger partial charge in [0.25, 0.3) is 21.4 Å². The molecule has 0 aliphatic rings. The van der Waals surface area contributed by atoms with Crippen LogP contribution in [0.5, 0.6) is 0 Å². The normalized spacial score (nSPS) is 11.8. The fraction of sp³-hybridized carbons (Fsp3) is 0.286. The van der Waals surface area contributed by atoms with Crippen molar-refractivity contribution in [3.63, 3.8) is 0 Å². The third-order valence-electron chi connectivity index (χ3n) is 1.56. The molecule has 1 aromatic rings. The summed E-state index contributed by atoms with van der Waals surface area (Å²) in [5.74, 6) is -1.39. The predicted octanol–water partition coefficient (Wildman–Crippen LogP) is 1.96. The second-order valence-electron chi connectivity index (χ2n) is 2.79. The van der Waals surface area contributed by atoms with E-state index in [-0.39, 0.29) is 4.67 Å². The number of carbonyl (C=O) groups is 1. The van der Waals surface area contributed by atoms with E-state index in [1.807, 2.05) is 5.32 Å². The molecule has 0 spiro atoms. The van der Waals surface area contributed by atoms with Crippen LogP contribution in [0.4, 0.5) is 8.78 Å². The van der Waals surface area contributed by atoms with Crippen LogP contribution in [-0.2, 0) is 9.05 Å². The zero-order valence-corrected chi connectivity index (χ0v) is 11.1. The zero-order valence-electron chi connectivity index (χ0n) is 7.91. The van der Waals surface area contributed by atoms with Gasteiger partial charge >= 0.3 is 0 Å². The first-order chi connectivity index (χ1) is 7.71. The summed E-state index contributed by atoms with van der Waals surface area (Å²) in [7, 11) is 0.966. The van der Waals surface area contributed by atoms with Gasteiger partial charge in [-0.1, -0.05) is 0 Å². The summed E-state index contributed by atoms with van der Waals surface area (Å²) >= 11 is 2.74. The number of carbonyl (C=O) groups excluding carboxylic acids is 1. The van der Waals surface area contributed by atoms with Crippen molar-refractivity contribution in [3.8, 4) is 0 Å². The van der Waals surface area contributed by atoms with Crippen LogP contribution < -0.4 is 5.32 Å². The van der Waals surface area contributed by atoms with Gasteiger partial charge in [0.05, 0.1) is 6.54 Å². The van der Waals surface area contributed by atoms with Gasteiger partial charge in [0.15, 0.2) is 10.4 Å². The van der Waals surface area contributed by atoms with Crippen molar-refractivity contribution in [2.75, 3.05) is 6.54 Å². The van der Waals surface area contributed by atoms with Crippen molar-refractivity contribution in [2.24, 2.45) is 0 Å². The Balaban J connectivity index is 2.91. The van der Waals surface area contributed by atoms with Crippen LogP contribution in [-0.4, -0.2) is 27.3 Å². The van der Waals surface area contributed by atoms with Crippen LogP contribution in [0.15, 0.2) is 20.0 Å². The molecule has 0 aliphatic carbocycles. The number of hydrogen-bond donors (Lipinski definition) is 1. The number of nitrogens with one attached hydrogen (secondary N) is 1. The highest BCUT2D eigenvalue weighted by atomic mass is 79.9. The Bertz CT molecular complexity index is 530. The Labute approximate surface area is 108 Å². The molecule has 0 atom stereocenters. The molecule has 0 unspecified atom stereocenters. The van der Waals surface area contributed by atoms with Crippen molar-refractivity contribution in [3.05, 3.63) is 16.5 Å². The van der Waals surface area contributed by atoms with Gasteiger partial charge in [-0.05, 0) is 15.9 Å². The van der Waals surface area contributed by atoms with Crippen LogP contribution in [0.3, 0.4) is 0 Å². The van der Waals surface area contributed by atoms with Gasteiger partial charge in [-0.3, -0.25) is 4.79 Å². The Morgan fingerprint density at radius 2 is 2.18 bits per heavy atom. The van der Waals surface area contributed by atoms with Gasteiger partial charge in [-0.2, -0.15) is 0 Å². The number of hydrogen-bond acceptors (Lipinski definition) is 4. The van der Waals surface area contributed by atoms with E-state index in [1.165, 1.54) is 0 Å². The van der Waals surface area contributed by atoms with E-state index in [0.29, 0.717) is 0 Å². The Morgan fingerprint density at radius 1 is 1.59 bits per heavy atom. The molecule has 5 nitrogen and oxygen atoms in total. The van der Waals surface area contributed by atoms with Gasteiger partial charge in [-0.15, -0.1) is 0 Å². The number of halogens is 4. The minimum Gasteiger partial charge on any atom is -0.443 e. The molecule has 1 N–H and O–H groups in total. The van der Waals surface area contributed by atoms with E-state index in [2.05, 4.69) is 15.9 Å². The molecule has 0 saturated carbocycles. The highest BCUT2D eigenvalue weighted by Crippen LogP contribution is 2.28. The van der Waals surface area contributed by atoms with E-state index in [9.17, 15) is 22.0 Å². The van der Waals surface area contributed by atoms with Gasteiger partial charge in [0, 0.05) is 16.7 Å². The van der Waals surface area contributed by atoms with Crippen molar-refractivity contribution in [1.29, 1.82) is 0 Å². The zero-order chi connectivity index (χ0) is 13.2. The van der Waals surface area contributed by atoms with E-state index in [4.69, 9.17) is 15.1 Å². The molecular formula is C7H5BrClF2NO4S. The molecule has 0 radical (unpaired) electrons. The second-order valence-corrected chi connectivity index (χ2v) is 6.04. The Kier molecular flexibility index (Phi) is 4.50. The largest absolute Gasteiger partial charge is 0.443 e. The number of amides is 1. The summed E-state index contributed by atoms with van der Waals surface area (Å²) in [4.78, 5) is 10.8. The first-order valence-corrected chi connectivity index (χ1v) is 7.12. The van der Waals surface area contributed by atoms with Crippen LogP contribution in [0.2, 0.25) is 0 Å². The average Bonchev–Trinajstić information content (AvgIpc) is 2.56. The smallest absolute Gasteiger partial charge is 0.287 e. The number of furan rings is 1. The Hall–Kier alpha value is -0.670. The van der Waals surface area contributed by atoms with E-state index in [0.717, 1.165) is 6.07 Å². The molecule has 0 aromatic carbocycles. The summed E-state index contributed by atoms with van der Waals surface area (Å²) < 4.78 is 50.0. The second kappa shape index (κ2) is 5.32. The van der Waals surface area contributed by atoms with Crippen LogP contribution in [0, 0.1) is 0 Å². The lowest BCUT2D eigenvalue weighted by molar-refractivity contribution is 0.0864. The molecule has 1 rings (SSSR count). The van der Waals surface area contributed by atoms with Crippen molar-refractivity contribution in [1.82, 2.24) is 5.32 Å². The lowest BCUT2D eigenvalue weighted by Gasteiger charge is -2.00. The summed E-state index contributed by atoms with van der Waals surface area (Å²) in [6, 6.07) is 0.840. The van der Waals surface area contributed by atoms with Crippen LogP contribution in [0.25, 0.3) is 0 Å². The maximum absolute atomic E-state index is 11.8. The first kappa shape index (κ1) is 14.4. The minimum absolute atomic E-state index is 0.269. The fourth-order valence-electron chi connectivity index (χ4n) is 0.887. The van der Waals surface area contributed by atoms with Gasteiger partial charge < -0.3 is 9.73 Å². The lowest BCUT2D eigenvalue weighted by Crippen LogP contribution is -2.28. The molecule has 0 fully saturated rings. The standard InChI is InChI=1S/C7H5BrClF2NO4S/c8-6-4(17(9,14)15)1-3(16-6)7(13)12-2-5(10)11/h1,5H,2H2,(H,12,13). The first-order valence-electron chi connectivity index (χ1n) is 4.02. The van der Waals surface area contributed by atoms with E-state index in [1.54, 1.807) is 0 Å². The highest BCUT2D eigenvalue weighted by Gasteiger charge is 2.23. The summed E-state index contributed by atoms with van der Waals surface area (Å²) in [5.41, 5.74) is 0. The molecule has 0 saturated heterocycles. The predicted molar refractivity (Wildman–Crippen MR) is 57.8 cm³/mol. The highest BCUT2D eigenvalue weighted by molar-refractivity contribution is 9.10. The van der Waals surface area contributed by atoms with Crippen LogP contribution in [0.1, 0.15) is 10.6 Å². The van der Waals surface area contributed by atoms with E-state index >= 15 is 0 Å². The summed E-state index contributed by atoms with van der Waals surface area (Å²) in [6.45, 7) is -0.861. The molecule has 0 aliphatic heterocycles. The third kappa shape index (κ3) is 3.93.